The minimum absolute atomic E-state index is 0.211. The van der Waals surface area contributed by atoms with Gasteiger partial charge >= 0.3 is 5.97 Å². The van der Waals surface area contributed by atoms with Gasteiger partial charge in [-0.25, -0.2) is 0 Å². The first-order valence-electron chi connectivity index (χ1n) is 9.67. The Bertz CT molecular complexity index is 864. The van der Waals surface area contributed by atoms with E-state index in [2.05, 4.69) is 5.32 Å². The zero-order valence-corrected chi connectivity index (χ0v) is 17.4. The van der Waals surface area contributed by atoms with Crippen LogP contribution in [0.1, 0.15) is 30.9 Å². The number of phenols is 1. The molecule has 0 atom stereocenters. The summed E-state index contributed by atoms with van der Waals surface area (Å²) in [6, 6.07) is 10.2. The van der Waals surface area contributed by atoms with Crippen LogP contribution in [0.25, 0.3) is 6.08 Å². The third-order valence-electron chi connectivity index (χ3n) is 4.23. The second-order valence-electron chi connectivity index (χ2n) is 6.52. The molecule has 0 spiro atoms. The molecule has 2 aromatic rings. The van der Waals surface area contributed by atoms with E-state index in [1.165, 1.54) is 20.3 Å². The van der Waals surface area contributed by atoms with Crippen LogP contribution in [0.15, 0.2) is 42.5 Å². The highest BCUT2D eigenvalue weighted by Gasteiger charge is 2.17. The van der Waals surface area contributed by atoms with Crippen molar-refractivity contribution in [1.29, 1.82) is 0 Å². The molecule has 0 radical (unpaired) electrons. The number of methoxy groups -OCH3 is 2. The second-order valence-corrected chi connectivity index (χ2v) is 6.52. The number of aromatic hydroxyl groups is 1. The number of hydrogen-bond acceptors (Lipinski definition) is 6. The number of carbonyl (C=O) groups excluding carboxylic acids is 2. The van der Waals surface area contributed by atoms with Crippen molar-refractivity contribution in [3.8, 4) is 23.0 Å². The van der Waals surface area contributed by atoms with Crippen LogP contribution in [0.4, 0.5) is 0 Å². The fraction of sp³-hybridized carbons (Fsp3) is 0.304. The molecule has 0 heterocycles. The highest BCUT2D eigenvalue weighted by atomic mass is 16.6. The smallest absolute Gasteiger partial charge is 0.311 e. The summed E-state index contributed by atoms with van der Waals surface area (Å²) in [5.41, 5.74) is 1.67. The molecule has 0 fully saturated rings. The molecule has 0 aliphatic carbocycles. The first-order chi connectivity index (χ1) is 14.5. The van der Waals surface area contributed by atoms with Crippen molar-refractivity contribution in [1.82, 2.24) is 5.32 Å². The molecule has 2 aromatic carbocycles. The van der Waals surface area contributed by atoms with Crippen LogP contribution in [-0.2, 0) is 16.0 Å². The van der Waals surface area contributed by atoms with Gasteiger partial charge in [0.25, 0.3) is 0 Å². The topological polar surface area (TPSA) is 94.1 Å². The molecule has 0 aromatic heterocycles. The maximum Gasteiger partial charge on any atom is 0.311 e. The molecule has 7 heteroatoms. The van der Waals surface area contributed by atoms with Gasteiger partial charge in [0.1, 0.15) is 5.75 Å². The summed E-state index contributed by atoms with van der Waals surface area (Å²) >= 11 is 0. The van der Waals surface area contributed by atoms with Gasteiger partial charge in [0.15, 0.2) is 11.5 Å². The van der Waals surface area contributed by atoms with Crippen LogP contribution in [0.3, 0.4) is 0 Å². The van der Waals surface area contributed by atoms with Crippen LogP contribution in [0.2, 0.25) is 0 Å². The van der Waals surface area contributed by atoms with E-state index < -0.39 is 0 Å². The van der Waals surface area contributed by atoms with Crippen molar-refractivity contribution in [2.75, 3.05) is 20.8 Å². The fourth-order valence-corrected chi connectivity index (χ4v) is 2.69. The largest absolute Gasteiger partial charge is 0.508 e. The van der Waals surface area contributed by atoms with Gasteiger partial charge in [-0.2, -0.15) is 0 Å². The molecular weight excluding hydrogens is 386 g/mol. The minimum Gasteiger partial charge on any atom is -0.508 e. The molecule has 0 saturated carbocycles. The van der Waals surface area contributed by atoms with Gasteiger partial charge < -0.3 is 24.6 Å². The zero-order valence-electron chi connectivity index (χ0n) is 17.4. The summed E-state index contributed by atoms with van der Waals surface area (Å²) in [4.78, 5) is 23.9. The normalized spacial score (nSPS) is 10.6. The number of esters is 1. The number of carbonyl (C=O) groups is 2. The molecule has 0 bridgehead atoms. The lowest BCUT2D eigenvalue weighted by molar-refractivity contribution is -0.134. The number of ether oxygens (including phenoxy) is 3. The molecule has 1 amide bonds. The quantitative estimate of drug-likeness (QED) is 0.352. The van der Waals surface area contributed by atoms with Crippen LogP contribution in [-0.4, -0.2) is 37.7 Å². The average molecular weight is 413 g/mol. The van der Waals surface area contributed by atoms with Gasteiger partial charge in [-0.05, 0) is 54.3 Å². The van der Waals surface area contributed by atoms with Gasteiger partial charge in [0, 0.05) is 19.0 Å². The number of amides is 1. The Morgan fingerprint density at radius 1 is 1.07 bits per heavy atom. The van der Waals surface area contributed by atoms with E-state index in [0.717, 1.165) is 5.56 Å². The molecule has 0 saturated heterocycles. The first kappa shape index (κ1) is 22.8. The summed E-state index contributed by atoms with van der Waals surface area (Å²) in [6.07, 6.45) is 4.65. The van der Waals surface area contributed by atoms with Gasteiger partial charge in [-0.1, -0.05) is 19.1 Å². The summed E-state index contributed by atoms with van der Waals surface area (Å²) in [5.74, 6) is 0.490. The van der Waals surface area contributed by atoms with Crippen molar-refractivity contribution >= 4 is 18.0 Å². The number of nitrogens with one attached hydrogen (secondary N) is 1. The van der Waals surface area contributed by atoms with Crippen molar-refractivity contribution < 1.29 is 28.9 Å². The maximum absolute atomic E-state index is 12.1. The predicted octanol–water partition coefficient (Wildman–Crippen LogP) is 3.49. The van der Waals surface area contributed by atoms with Crippen LogP contribution < -0.4 is 19.5 Å². The first-order valence-corrected chi connectivity index (χ1v) is 9.67. The summed E-state index contributed by atoms with van der Waals surface area (Å²) < 4.78 is 16.0. The summed E-state index contributed by atoms with van der Waals surface area (Å²) in [7, 11) is 2.94. The number of hydrogen-bond donors (Lipinski definition) is 2. The van der Waals surface area contributed by atoms with E-state index in [1.807, 2.05) is 19.1 Å². The van der Waals surface area contributed by atoms with Crippen molar-refractivity contribution in [2.45, 2.75) is 26.2 Å². The molecule has 7 nitrogen and oxygen atoms in total. The van der Waals surface area contributed by atoms with E-state index in [9.17, 15) is 14.7 Å². The molecule has 0 unspecified atom stereocenters. The van der Waals surface area contributed by atoms with Gasteiger partial charge in [0.05, 0.1) is 14.2 Å². The number of benzene rings is 2. The minimum atomic E-state index is -0.370. The lowest BCUT2D eigenvalue weighted by atomic mass is 10.1. The Kier molecular flexibility index (Phi) is 8.75. The third-order valence-corrected chi connectivity index (χ3v) is 4.23. The molecule has 2 N–H and O–H groups in total. The monoisotopic (exact) mass is 413 g/mol. The Hall–Kier alpha value is -3.48. The van der Waals surface area contributed by atoms with E-state index in [4.69, 9.17) is 14.2 Å². The number of rotatable bonds is 10. The second kappa shape index (κ2) is 11.5. The number of phenolic OH excluding ortho intramolecular Hbond substituents is 1. The van der Waals surface area contributed by atoms with Crippen molar-refractivity contribution in [3.63, 3.8) is 0 Å². The fourth-order valence-electron chi connectivity index (χ4n) is 2.69. The van der Waals surface area contributed by atoms with E-state index in [-0.39, 0.29) is 29.8 Å². The summed E-state index contributed by atoms with van der Waals surface area (Å²) in [5, 5.41) is 12.1. The molecule has 160 valence electrons. The predicted molar refractivity (Wildman–Crippen MR) is 114 cm³/mol. The molecule has 2 rings (SSSR count). The molecule has 0 aliphatic heterocycles. The maximum atomic E-state index is 12.1. The van der Waals surface area contributed by atoms with Crippen molar-refractivity contribution in [3.05, 3.63) is 53.6 Å². The Morgan fingerprint density at radius 3 is 2.27 bits per heavy atom. The Morgan fingerprint density at radius 2 is 1.70 bits per heavy atom. The van der Waals surface area contributed by atoms with E-state index >= 15 is 0 Å². The van der Waals surface area contributed by atoms with Crippen LogP contribution in [0, 0.1) is 0 Å². The standard InChI is InChI=1S/C23H27NO6/c1-4-5-22(27)30-23-19(28-2)14-17(15-20(23)29-3)8-11-21(26)24-13-12-16-6-9-18(25)10-7-16/h6-11,14-15,25H,4-5,12-13H2,1-3H3,(H,24,26)/b11-8+. The summed E-state index contributed by atoms with van der Waals surface area (Å²) in [6.45, 7) is 2.35. The highest BCUT2D eigenvalue weighted by Crippen LogP contribution is 2.39. The van der Waals surface area contributed by atoms with Crippen LogP contribution in [0.5, 0.6) is 23.0 Å². The molecule has 30 heavy (non-hydrogen) atoms. The highest BCUT2D eigenvalue weighted by molar-refractivity contribution is 5.92. The van der Waals surface area contributed by atoms with Crippen LogP contribution >= 0.6 is 0 Å². The lowest BCUT2D eigenvalue weighted by Crippen LogP contribution is -2.23. The average Bonchev–Trinajstić information content (AvgIpc) is 2.74. The SMILES string of the molecule is CCCC(=O)Oc1c(OC)cc(/C=C/C(=O)NCCc2ccc(O)cc2)cc1OC. The van der Waals surface area contributed by atoms with E-state index in [1.54, 1.807) is 30.3 Å². The Labute approximate surface area is 176 Å². The lowest BCUT2D eigenvalue weighted by Gasteiger charge is -2.14. The molecular formula is C23H27NO6. The third kappa shape index (κ3) is 6.84. The Balaban J connectivity index is 2.01. The molecule has 0 aliphatic rings. The van der Waals surface area contributed by atoms with E-state index in [0.29, 0.717) is 36.4 Å². The van der Waals surface area contributed by atoms with Crippen molar-refractivity contribution in [2.24, 2.45) is 0 Å². The zero-order chi connectivity index (χ0) is 21.9. The van der Waals surface area contributed by atoms with Gasteiger partial charge in [-0.15, -0.1) is 0 Å². The van der Waals surface area contributed by atoms with Gasteiger partial charge in [0.2, 0.25) is 11.7 Å². The van der Waals surface area contributed by atoms with Gasteiger partial charge in [-0.3, -0.25) is 9.59 Å².